The van der Waals surface area contributed by atoms with Crippen LogP contribution in [0, 0.1) is 5.92 Å². The van der Waals surface area contributed by atoms with Crippen LogP contribution in [0.3, 0.4) is 0 Å². The van der Waals surface area contributed by atoms with Crippen LogP contribution in [0.2, 0.25) is 0 Å². The number of nitrogens with one attached hydrogen (secondary N) is 1. The van der Waals surface area contributed by atoms with E-state index < -0.39 is 0 Å². The molecule has 5 nitrogen and oxygen atoms in total. The predicted octanol–water partition coefficient (Wildman–Crippen LogP) is 2.11. The van der Waals surface area contributed by atoms with Crippen molar-refractivity contribution >= 4 is 21.6 Å². The molecule has 0 aliphatic rings. The molecule has 0 radical (unpaired) electrons. The SMILES string of the molecule is CCOCCNc1cnn(CC(C)C)c(=O)c1Br. The molecule has 1 aromatic heterocycles. The van der Waals surface area contributed by atoms with E-state index in [4.69, 9.17) is 4.74 Å². The molecule has 1 heterocycles. The minimum Gasteiger partial charge on any atom is -0.380 e. The molecule has 0 aliphatic carbocycles. The van der Waals surface area contributed by atoms with Crippen molar-refractivity contribution in [2.75, 3.05) is 25.1 Å². The summed E-state index contributed by atoms with van der Waals surface area (Å²) < 4.78 is 7.22. The minimum atomic E-state index is -0.106. The minimum absolute atomic E-state index is 0.106. The third-order valence-corrected chi connectivity index (χ3v) is 3.06. The Morgan fingerprint density at radius 3 is 2.89 bits per heavy atom. The fraction of sp³-hybridized carbons (Fsp3) is 0.667. The topological polar surface area (TPSA) is 56.1 Å². The van der Waals surface area contributed by atoms with E-state index in [0.29, 0.717) is 42.4 Å². The molecule has 0 amide bonds. The van der Waals surface area contributed by atoms with Crippen molar-refractivity contribution in [2.45, 2.75) is 27.3 Å². The zero-order valence-electron chi connectivity index (χ0n) is 11.1. The van der Waals surface area contributed by atoms with Crippen molar-refractivity contribution < 1.29 is 4.74 Å². The molecular weight excluding hydrogens is 298 g/mol. The molecule has 0 saturated carbocycles. The number of anilines is 1. The van der Waals surface area contributed by atoms with Gasteiger partial charge < -0.3 is 10.1 Å². The van der Waals surface area contributed by atoms with Crippen molar-refractivity contribution in [3.05, 3.63) is 21.0 Å². The van der Waals surface area contributed by atoms with Crippen molar-refractivity contribution in [3.8, 4) is 0 Å². The van der Waals surface area contributed by atoms with Gasteiger partial charge >= 0.3 is 0 Å². The van der Waals surface area contributed by atoms with Gasteiger partial charge in [0.25, 0.3) is 5.56 Å². The largest absolute Gasteiger partial charge is 0.380 e. The van der Waals surface area contributed by atoms with E-state index in [9.17, 15) is 4.79 Å². The monoisotopic (exact) mass is 317 g/mol. The molecule has 1 rings (SSSR count). The highest BCUT2D eigenvalue weighted by atomic mass is 79.9. The Labute approximate surface area is 116 Å². The maximum absolute atomic E-state index is 12.0. The number of halogens is 1. The number of aromatic nitrogens is 2. The zero-order chi connectivity index (χ0) is 13.5. The van der Waals surface area contributed by atoms with E-state index >= 15 is 0 Å². The highest BCUT2D eigenvalue weighted by Gasteiger charge is 2.09. The van der Waals surface area contributed by atoms with Crippen molar-refractivity contribution in [2.24, 2.45) is 5.92 Å². The second-order valence-corrected chi connectivity index (χ2v) is 5.17. The van der Waals surface area contributed by atoms with Crippen molar-refractivity contribution in [3.63, 3.8) is 0 Å². The first-order valence-electron chi connectivity index (χ1n) is 6.13. The van der Waals surface area contributed by atoms with Crippen LogP contribution < -0.4 is 10.9 Å². The Kier molecular flexibility index (Phi) is 6.35. The lowest BCUT2D eigenvalue weighted by molar-refractivity contribution is 0.158. The van der Waals surface area contributed by atoms with Crippen LogP contribution in [-0.2, 0) is 11.3 Å². The average molecular weight is 318 g/mol. The van der Waals surface area contributed by atoms with Crippen molar-refractivity contribution in [1.29, 1.82) is 0 Å². The molecular formula is C12H20BrN3O2. The summed E-state index contributed by atoms with van der Waals surface area (Å²) in [6.45, 7) is 8.63. The maximum Gasteiger partial charge on any atom is 0.283 e. The lowest BCUT2D eigenvalue weighted by atomic mass is 10.2. The van der Waals surface area contributed by atoms with Gasteiger partial charge in [-0.25, -0.2) is 4.68 Å². The molecule has 1 N–H and O–H groups in total. The normalized spacial score (nSPS) is 10.9. The van der Waals surface area contributed by atoms with E-state index in [2.05, 4.69) is 40.2 Å². The molecule has 6 heteroatoms. The molecule has 0 spiro atoms. The van der Waals surface area contributed by atoms with Gasteiger partial charge in [-0.1, -0.05) is 13.8 Å². The standard InChI is InChI=1S/C12H20BrN3O2/c1-4-18-6-5-14-10-7-15-16(8-9(2)3)12(17)11(10)13/h7,9,14H,4-6,8H2,1-3H3. The summed E-state index contributed by atoms with van der Waals surface area (Å²) >= 11 is 3.31. The van der Waals surface area contributed by atoms with Crippen LogP contribution >= 0.6 is 15.9 Å². The number of hydrogen-bond donors (Lipinski definition) is 1. The number of rotatable bonds is 7. The maximum atomic E-state index is 12.0. The first kappa shape index (κ1) is 15.2. The number of ether oxygens (including phenoxy) is 1. The second-order valence-electron chi connectivity index (χ2n) is 4.38. The molecule has 102 valence electrons. The van der Waals surface area contributed by atoms with Gasteiger partial charge in [-0.2, -0.15) is 5.10 Å². The molecule has 0 aliphatic heterocycles. The summed E-state index contributed by atoms with van der Waals surface area (Å²) in [6, 6.07) is 0. The Morgan fingerprint density at radius 1 is 1.56 bits per heavy atom. The Hall–Kier alpha value is -0.880. The molecule has 0 aromatic carbocycles. The van der Waals surface area contributed by atoms with Gasteiger partial charge in [0.15, 0.2) is 0 Å². The Morgan fingerprint density at radius 2 is 2.28 bits per heavy atom. The van der Waals surface area contributed by atoms with Gasteiger partial charge in [0.2, 0.25) is 0 Å². The van der Waals surface area contributed by atoms with Crippen LogP contribution in [0.1, 0.15) is 20.8 Å². The first-order valence-corrected chi connectivity index (χ1v) is 6.92. The summed E-state index contributed by atoms with van der Waals surface area (Å²) in [7, 11) is 0. The highest BCUT2D eigenvalue weighted by Crippen LogP contribution is 2.15. The van der Waals surface area contributed by atoms with Gasteiger partial charge in [0, 0.05) is 19.7 Å². The van der Waals surface area contributed by atoms with Gasteiger partial charge in [-0.15, -0.1) is 0 Å². The summed E-state index contributed by atoms with van der Waals surface area (Å²) in [5, 5.41) is 7.27. The molecule has 0 fully saturated rings. The van der Waals surface area contributed by atoms with Crippen molar-refractivity contribution in [1.82, 2.24) is 9.78 Å². The summed E-state index contributed by atoms with van der Waals surface area (Å²) in [6.07, 6.45) is 1.67. The number of hydrogen-bond acceptors (Lipinski definition) is 4. The average Bonchev–Trinajstić information content (AvgIpc) is 2.32. The molecule has 18 heavy (non-hydrogen) atoms. The molecule has 0 bridgehead atoms. The summed E-state index contributed by atoms with van der Waals surface area (Å²) in [5.74, 6) is 0.388. The highest BCUT2D eigenvalue weighted by molar-refractivity contribution is 9.10. The third-order valence-electron chi connectivity index (χ3n) is 2.29. The van der Waals surface area contributed by atoms with Crippen LogP contribution in [0.4, 0.5) is 5.69 Å². The smallest absolute Gasteiger partial charge is 0.283 e. The zero-order valence-corrected chi connectivity index (χ0v) is 12.7. The van der Waals surface area contributed by atoms with E-state index in [1.54, 1.807) is 6.20 Å². The lowest BCUT2D eigenvalue weighted by Crippen LogP contribution is -2.26. The van der Waals surface area contributed by atoms with Gasteiger partial charge in [-0.05, 0) is 28.8 Å². The van der Waals surface area contributed by atoms with Crippen LogP contribution in [0.15, 0.2) is 15.5 Å². The van der Waals surface area contributed by atoms with Crippen LogP contribution in [0.5, 0.6) is 0 Å². The van der Waals surface area contributed by atoms with Crippen LogP contribution in [-0.4, -0.2) is 29.5 Å². The van der Waals surface area contributed by atoms with Crippen LogP contribution in [0.25, 0.3) is 0 Å². The molecule has 0 atom stereocenters. The van der Waals surface area contributed by atoms with Gasteiger partial charge in [0.05, 0.1) is 18.5 Å². The Balaban J connectivity index is 2.72. The van der Waals surface area contributed by atoms with E-state index in [-0.39, 0.29) is 5.56 Å². The summed E-state index contributed by atoms with van der Waals surface area (Å²) in [5.41, 5.74) is 0.602. The Bertz CT molecular complexity index is 432. The van der Waals surface area contributed by atoms with Gasteiger partial charge in [-0.3, -0.25) is 4.79 Å². The second kappa shape index (κ2) is 7.53. The van der Waals surface area contributed by atoms with E-state index in [0.717, 1.165) is 0 Å². The van der Waals surface area contributed by atoms with Gasteiger partial charge in [0.1, 0.15) is 4.47 Å². The summed E-state index contributed by atoms with van der Waals surface area (Å²) in [4.78, 5) is 12.0. The van der Waals surface area contributed by atoms with E-state index in [1.165, 1.54) is 4.68 Å². The van der Waals surface area contributed by atoms with E-state index in [1.807, 2.05) is 6.92 Å². The fourth-order valence-electron chi connectivity index (χ4n) is 1.47. The molecule has 0 unspecified atom stereocenters. The fourth-order valence-corrected chi connectivity index (χ4v) is 1.91. The predicted molar refractivity (Wildman–Crippen MR) is 76.0 cm³/mol. The number of nitrogens with zero attached hydrogens (tertiary/aromatic N) is 2. The third kappa shape index (κ3) is 4.42. The molecule has 1 aromatic rings. The quantitative estimate of drug-likeness (QED) is 0.783. The lowest BCUT2D eigenvalue weighted by Gasteiger charge is -2.11. The first-order chi connectivity index (χ1) is 8.56. The molecule has 0 saturated heterocycles.